The van der Waals surface area contributed by atoms with Crippen LogP contribution in [0.4, 0.5) is 5.69 Å². The predicted molar refractivity (Wildman–Crippen MR) is 112 cm³/mol. The van der Waals surface area contributed by atoms with E-state index < -0.39 is 10.0 Å². The van der Waals surface area contributed by atoms with Crippen molar-refractivity contribution >= 4 is 33.4 Å². The van der Waals surface area contributed by atoms with Gasteiger partial charge in [-0.15, -0.1) is 0 Å². The van der Waals surface area contributed by atoms with E-state index in [0.29, 0.717) is 30.8 Å². The number of rotatable bonds is 7. The molecular formula is C20H24N2O3S2. The third-order valence-electron chi connectivity index (χ3n) is 4.44. The molecule has 27 heavy (non-hydrogen) atoms. The number of carbonyl (C=O) groups excluding carboxylic acids is 1. The fraction of sp³-hybridized carbons (Fsp3) is 0.350. The summed E-state index contributed by atoms with van der Waals surface area (Å²) < 4.78 is 25.3. The molecule has 1 saturated heterocycles. The van der Waals surface area contributed by atoms with Crippen molar-refractivity contribution in [2.75, 3.05) is 28.9 Å². The average Bonchev–Trinajstić information content (AvgIpc) is 3.02. The summed E-state index contributed by atoms with van der Waals surface area (Å²) in [5.41, 5.74) is 3.70. The lowest BCUT2D eigenvalue weighted by Crippen LogP contribution is -2.27. The van der Waals surface area contributed by atoms with Gasteiger partial charge in [0.1, 0.15) is 0 Å². The van der Waals surface area contributed by atoms with Crippen molar-refractivity contribution in [1.82, 2.24) is 5.32 Å². The highest BCUT2D eigenvalue weighted by molar-refractivity contribution is 7.98. The molecule has 0 atom stereocenters. The summed E-state index contributed by atoms with van der Waals surface area (Å²) in [6.07, 6.45) is 0.644. The topological polar surface area (TPSA) is 66.5 Å². The lowest BCUT2D eigenvalue weighted by atomic mass is 10.2. The highest BCUT2D eigenvalue weighted by atomic mass is 32.2. The van der Waals surface area contributed by atoms with Crippen LogP contribution >= 0.6 is 11.8 Å². The third kappa shape index (κ3) is 5.26. The molecule has 2 aromatic carbocycles. The van der Waals surface area contributed by atoms with Gasteiger partial charge in [-0.05, 0) is 43.2 Å². The molecule has 0 radical (unpaired) electrons. The standard InChI is InChI=1S/C20H24N2O3S2/c1-16-3-5-17(6-4-16)15-26-13-11-21-20(23)18-7-9-19(10-8-18)22-12-2-14-27(22,24)25/h3-10H,2,11-15H2,1H3,(H,21,23). The molecule has 1 aliphatic rings. The summed E-state index contributed by atoms with van der Waals surface area (Å²) >= 11 is 1.78. The Morgan fingerprint density at radius 2 is 1.81 bits per heavy atom. The highest BCUT2D eigenvalue weighted by Gasteiger charge is 2.28. The summed E-state index contributed by atoms with van der Waals surface area (Å²) in [6.45, 7) is 3.17. The van der Waals surface area contributed by atoms with Gasteiger partial charge in [0, 0.05) is 30.2 Å². The van der Waals surface area contributed by atoms with Gasteiger partial charge in [0.15, 0.2) is 0 Å². The average molecular weight is 405 g/mol. The Labute approximate surface area is 165 Å². The maximum absolute atomic E-state index is 12.2. The molecule has 1 amide bonds. The summed E-state index contributed by atoms with van der Waals surface area (Å²) in [5, 5.41) is 2.91. The first kappa shape index (κ1) is 19.8. The Morgan fingerprint density at radius 1 is 1.11 bits per heavy atom. The maximum atomic E-state index is 12.2. The Bertz CT molecular complexity index is 878. The van der Waals surface area contributed by atoms with Crippen LogP contribution in [0.1, 0.15) is 27.9 Å². The first-order valence-corrected chi connectivity index (χ1v) is 11.7. The van der Waals surface area contributed by atoms with Crippen molar-refractivity contribution in [3.8, 4) is 0 Å². The molecular weight excluding hydrogens is 380 g/mol. The van der Waals surface area contributed by atoms with Gasteiger partial charge < -0.3 is 5.32 Å². The van der Waals surface area contributed by atoms with Crippen molar-refractivity contribution in [2.24, 2.45) is 0 Å². The van der Waals surface area contributed by atoms with Crippen molar-refractivity contribution in [3.63, 3.8) is 0 Å². The minimum Gasteiger partial charge on any atom is -0.351 e. The van der Waals surface area contributed by atoms with E-state index in [1.54, 1.807) is 36.0 Å². The summed E-state index contributed by atoms with van der Waals surface area (Å²) in [6, 6.07) is 15.2. The van der Waals surface area contributed by atoms with E-state index in [1.807, 2.05) is 0 Å². The number of hydrogen-bond acceptors (Lipinski definition) is 4. The van der Waals surface area contributed by atoms with Crippen LogP contribution in [-0.4, -0.2) is 38.9 Å². The minimum atomic E-state index is -3.19. The van der Waals surface area contributed by atoms with Gasteiger partial charge in [-0.2, -0.15) is 11.8 Å². The van der Waals surface area contributed by atoms with E-state index in [9.17, 15) is 13.2 Å². The number of nitrogens with zero attached hydrogens (tertiary/aromatic N) is 1. The van der Waals surface area contributed by atoms with Crippen LogP contribution in [-0.2, 0) is 15.8 Å². The smallest absolute Gasteiger partial charge is 0.251 e. The normalized spacial score (nSPS) is 15.7. The highest BCUT2D eigenvalue weighted by Crippen LogP contribution is 2.24. The number of anilines is 1. The van der Waals surface area contributed by atoms with E-state index in [0.717, 1.165) is 11.5 Å². The minimum absolute atomic E-state index is 0.137. The fourth-order valence-electron chi connectivity index (χ4n) is 2.92. The van der Waals surface area contributed by atoms with Crippen LogP contribution < -0.4 is 9.62 Å². The van der Waals surface area contributed by atoms with Crippen molar-refractivity contribution < 1.29 is 13.2 Å². The van der Waals surface area contributed by atoms with Crippen LogP contribution in [0.15, 0.2) is 48.5 Å². The number of aryl methyl sites for hydroxylation is 1. The molecule has 0 saturated carbocycles. The van der Waals surface area contributed by atoms with E-state index in [-0.39, 0.29) is 11.7 Å². The zero-order valence-corrected chi connectivity index (χ0v) is 17.0. The number of amides is 1. The Balaban J connectivity index is 1.43. The number of sulfonamides is 1. The lowest BCUT2D eigenvalue weighted by Gasteiger charge is -2.17. The van der Waals surface area contributed by atoms with Crippen molar-refractivity contribution in [1.29, 1.82) is 0 Å². The third-order valence-corrected chi connectivity index (χ3v) is 7.34. The van der Waals surface area contributed by atoms with Crippen LogP contribution in [0.25, 0.3) is 0 Å². The zero-order chi connectivity index (χ0) is 19.3. The van der Waals surface area contributed by atoms with Crippen LogP contribution in [0, 0.1) is 6.92 Å². The Morgan fingerprint density at radius 3 is 2.44 bits per heavy atom. The molecule has 2 aromatic rings. The van der Waals surface area contributed by atoms with Gasteiger partial charge in [0.2, 0.25) is 10.0 Å². The second-order valence-electron chi connectivity index (χ2n) is 6.58. The molecule has 1 fully saturated rings. The maximum Gasteiger partial charge on any atom is 0.251 e. The van der Waals surface area contributed by atoms with Gasteiger partial charge in [-0.1, -0.05) is 29.8 Å². The van der Waals surface area contributed by atoms with Crippen LogP contribution in [0.5, 0.6) is 0 Å². The molecule has 5 nitrogen and oxygen atoms in total. The van der Waals surface area contributed by atoms with Gasteiger partial charge in [0.25, 0.3) is 5.91 Å². The van der Waals surface area contributed by atoms with Gasteiger partial charge in [0.05, 0.1) is 11.4 Å². The first-order valence-electron chi connectivity index (χ1n) is 8.98. The molecule has 0 aromatic heterocycles. The number of nitrogens with one attached hydrogen (secondary N) is 1. The van der Waals surface area contributed by atoms with Crippen LogP contribution in [0.3, 0.4) is 0 Å². The van der Waals surface area contributed by atoms with Gasteiger partial charge in [-0.3, -0.25) is 9.10 Å². The lowest BCUT2D eigenvalue weighted by molar-refractivity contribution is 0.0956. The number of carbonyl (C=O) groups is 1. The Kier molecular flexibility index (Phi) is 6.44. The number of benzene rings is 2. The number of hydrogen-bond donors (Lipinski definition) is 1. The molecule has 3 rings (SSSR count). The van der Waals surface area contributed by atoms with E-state index in [4.69, 9.17) is 0 Å². The van der Waals surface area contributed by atoms with Crippen molar-refractivity contribution in [3.05, 3.63) is 65.2 Å². The molecule has 144 valence electrons. The molecule has 0 aliphatic carbocycles. The monoisotopic (exact) mass is 404 g/mol. The molecule has 1 N–H and O–H groups in total. The summed E-state index contributed by atoms with van der Waals surface area (Å²) in [7, 11) is -3.19. The number of thioether (sulfide) groups is 1. The molecule has 0 unspecified atom stereocenters. The van der Waals surface area contributed by atoms with E-state index in [1.165, 1.54) is 15.4 Å². The van der Waals surface area contributed by atoms with E-state index in [2.05, 4.69) is 36.5 Å². The van der Waals surface area contributed by atoms with Crippen LogP contribution in [0.2, 0.25) is 0 Å². The molecule has 1 aliphatic heterocycles. The fourth-order valence-corrected chi connectivity index (χ4v) is 5.31. The Hall–Kier alpha value is -1.99. The molecule has 7 heteroatoms. The second kappa shape index (κ2) is 8.80. The quantitative estimate of drug-likeness (QED) is 0.720. The first-order chi connectivity index (χ1) is 13.0. The zero-order valence-electron chi connectivity index (χ0n) is 15.3. The van der Waals surface area contributed by atoms with Crippen molar-refractivity contribution in [2.45, 2.75) is 19.1 Å². The summed E-state index contributed by atoms with van der Waals surface area (Å²) in [5.74, 6) is 1.82. The van der Waals surface area contributed by atoms with E-state index >= 15 is 0 Å². The molecule has 0 bridgehead atoms. The summed E-state index contributed by atoms with van der Waals surface area (Å²) in [4.78, 5) is 12.2. The second-order valence-corrected chi connectivity index (χ2v) is 9.70. The van der Waals surface area contributed by atoms with Gasteiger partial charge in [-0.25, -0.2) is 8.42 Å². The SMILES string of the molecule is Cc1ccc(CSCCNC(=O)c2ccc(N3CCCS3(=O)=O)cc2)cc1. The molecule has 1 heterocycles. The predicted octanol–water partition coefficient (Wildman–Crippen LogP) is 3.20. The largest absolute Gasteiger partial charge is 0.351 e. The van der Waals surface area contributed by atoms with Gasteiger partial charge >= 0.3 is 0 Å². The molecule has 0 spiro atoms.